The van der Waals surface area contributed by atoms with Gasteiger partial charge in [0, 0.05) is 22.2 Å². The lowest BCUT2D eigenvalue weighted by Gasteiger charge is -2.22. The molecule has 5 heteroatoms. The Morgan fingerprint density at radius 2 is 1.95 bits per heavy atom. The van der Waals surface area contributed by atoms with Crippen molar-refractivity contribution in [3.63, 3.8) is 0 Å². The molecule has 0 bridgehead atoms. The topological polar surface area (TPSA) is 46.3 Å². The van der Waals surface area contributed by atoms with Gasteiger partial charge in [0.15, 0.2) is 0 Å². The maximum Gasteiger partial charge on any atom is 0.254 e. The van der Waals surface area contributed by atoms with Crippen LogP contribution in [0.25, 0.3) is 0 Å². The lowest BCUT2D eigenvalue weighted by molar-refractivity contribution is 0.0732. The number of nitrogen functional groups attached to an aromatic ring is 1. The van der Waals surface area contributed by atoms with Crippen LogP contribution >= 0.6 is 23.7 Å². The second-order valence-corrected chi connectivity index (χ2v) is 5.90. The molecule has 0 atom stereocenters. The number of amides is 1. The number of anilines is 1. The summed E-state index contributed by atoms with van der Waals surface area (Å²) in [5.74, 6) is 0.107. The Kier molecular flexibility index (Phi) is 4.68. The van der Waals surface area contributed by atoms with Crippen molar-refractivity contribution >= 4 is 35.3 Å². The lowest BCUT2D eigenvalue weighted by Crippen LogP contribution is -2.32. The first-order valence-electron chi connectivity index (χ1n) is 6.43. The summed E-state index contributed by atoms with van der Waals surface area (Å²) in [6.45, 7) is 0.714. The minimum atomic E-state index is 0. The van der Waals surface area contributed by atoms with Crippen LogP contribution in [0.1, 0.15) is 28.1 Å². The van der Waals surface area contributed by atoms with Gasteiger partial charge in [-0.1, -0.05) is 6.07 Å². The van der Waals surface area contributed by atoms with E-state index in [1.54, 1.807) is 23.5 Å². The van der Waals surface area contributed by atoms with Gasteiger partial charge in [-0.15, -0.1) is 23.7 Å². The van der Waals surface area contributed by atoms with Gasteiger partial charge in [-0.05, 0) is 48.6 Å². The molecule has 1 aliphatic rings. The fourth-order valence-corrected chi connectivity index (χ4v) is 2.82. The molecule has 106 valence electrons. The number of carbonyl (C=O) groups is 1. The summed E-state index contributed by atoms with van der Waals surface area (Å²) in [5, 5.41) is 2.05. The van der Waals surface area contributed by atoms with Gasteiger partial charge in [-0.3, -0.25) is 4.79 Å². The quantitative estimate of drug-likeness (QED) is 0.878. The van der Waals surface area contributed by atoms with E-state index in [9.17, 15) is 4.79 Å². The van der Waals surface area contributed by atoms with Crippen molar-refractivity contribution < 1.29 is 4.79 Å². The van der Waals surface area contributed by atoms with Gasteiger partial charge >= 0.3 is 0 Å². The van der Waals surface area contributed by atoms with Crippen LogP contribution in [0.5, 0.6) is 0 Å². The fourth-order valence-electron chi connectivity index (χ4n) is 2.11. The van der Waals surface area contributed by atoms with Crippen LogP contribution in [0.15, 0.2) is 41.8 Å². The van der Waals surface area contributed by atoms with Crippen molar-refractivity contribution in [2.75, 3.05) is 5.73 Å². The van der Waals surface area contributed by atoms with Crippen LogP contribution in [0, 0.1) is 0 Å². The molecule has 1 fully saturated rings. The Hall–Kier alpha value is -1.52. The minimum absolute atomic E-state index is 0. The molecular formula is C15H17ClN2OS. The van der Waals surface area contributed by atoms with E-state index >= 15 is 0 Å². The summed E-state index contributed by atoms with van der Waals surface area (Å²) in [6.07, 6.45) is 2.23. The van der Waals surface area contributed by atoms with Crippen molar-refractivity contribution in [1.82, 2.24) is 4.90 Å². The zero-order chi connectivity index (χ0) is 13.2. The number of nitrogens with zero attached hydrogens (tertiary/aromatic N) is 1. The molecule has 20 heavy (non-hydrogen) atoms. The average molecular weight is 309 g/mol. The van der Waals surface area contributed by atoms with E-state index < -0.39 is 0 Å². The molecule has 0 spiro atoms. The molecule has 0 radical (unpaired) electrons. The van der Waals surface area contributed by atoms with Crippen LogP contribution in [0.4, 0.5) is 5.69 Å². The highest BCUT2D eigenvalue weighted by atomic mass is 35.5. The Bertz CT molecular complexity index is 564. The zero-order valence-corrected chi connectivity index (χ0v) is 12.6. The molecule has 0 aliphatic heterocycles. The predicted octanol–water partition coefficient (Wildman–Crippen LogP) is 3.56. The largest absolute Gasteiger partial charge is 0.399 e. The molecule has 1 aliphatic carbocycles. The summed E-state index contributed by atoms with van der Waals surface area (Å²) in [7, 11) is 0. The Morgan fingerprint density at radius 1 is 1.25 bits per heavy atom. The number of nitrogens with two attached hydrogens (primary N) is 1. The van der Waals surface area contributed by atoms with Crippen molar-refractivity contribution in [3.8, 4) is 0 Å². The molecule has 3 nitrogen and oxygen atoms in total. The van der Waals surface area contributed by atoms with E-state index in [4.69, 9.17) is 5.73 Å². The maximum atomic E-state index is 12.6. The smallest absolute Gasteiger partial charge is 0.254 e. The highest BCUT2D eigenvalue weighted by Gasteiger charge is 2.33. The molecule has 2 N–H and O–H groups in total. The molecular weight excluding hydrogens is 292 g/mol. The Balaban J connectivity index is 0.00000147. The third-order valence-electron chi connectivity index (χ3n) is 3.31. The number of hydrogen-bond donors (Lipinski definition) is 1. The summed E-state index contributed by atoms with van der Waals surface area (Å²) in [6, 6.07) is 11.7. The van der Waals surface area contributed by atoms with Crippen molar-refractivity contribution in [2.45, 2.75) is 25.4 Å². The SMILES string of the molecule is Cl.Nc1ccc(C(=O)N(Cc2cccs2)C2CC2)cc1. The molecule has 0 unspecified atom stereocenters. The summed E-state index contributed by atoms with van der Waals surface area (Å²) in [4.78, 5) is 15.8. The van der Waals surface area contributed by atoms with Gasteiger partial charge < -0.3 is 10.6 Å². The molecule has 1 saturated carbocycles. The standard InChI is InChI=1S/C15H16N2OS.ClH/c16-12-5-3-11(4-6-12)15(18)17(13-7-8-13)10-14-2-1-9-19-14;/h1-6,9,13H,7-8,10,16H2;1H. The number of thiophene rings is 1. The first-order valence-corrected chi connectivity index (χ1v) is 7.31. The second kappa shape index (κ2) is 6.29. The molecule has 1 heterocycles. The van der Waals surface area contributed by atoms with E-state index in [2.05, 4.69) is 6.07 Å². The van der Waals surface area contributed by atoms with Gasteiger partial charge in [0.2, 0.25) is 0 Å². The summed E-state index contributed by atoms with van der Waals surface area (Å²) < 4.78 is 0. The first kappa shape index (κ1) is 14.9. The highest BCUT2D eigenvalue weighted by molar-refractivity contribution is 7.09. The van der Waals surface area contributed by atoms with Crippen LogP contribution in [0.3, 0.4) is 0 Å². The molecule has 1 amide bonds. The second-order valence-electron chi connectivity index (χ2n) is 4.87. The highest BCUT2D eigenvalue weighted by Crippen LogP contribution is 2.30. The number of rotatable bonds is 4. The van der Waals surface area contributed by atoms with Crippen molar-refractivity contribution in [2.24, 2.45) is 0 Å². The summed E-state index contributed by atoms with van der Waals surface area (Å²) in [5.41, 5.74) is 7.07. The van der Waals surface area contributed by atoms with Gasteiger partial charge in [-0.25, -0.2) is 0 Å². The molecule has 1 aromatic carbocycles. The Morgan fingerprint density at radius 3 is 2.50 bits per heavy atom. The van der Waals surface area contributed by atoms with Crippen LogP contribution in [-0.2, 0) is 6.54 Å². The van der Waals surface area contributed by atoms with E-state index in [1.165, 1.54) is 4.88 Å². The number of carbonyl (C=O) groups excluding carboxylic acids is 1. The zero-order valence-electron chi connectivity index (χ0n) is 11.0. The first-order chi connectivity index (χ1) is 9.24. The van der Waals surface area contributed by atoms with Gasteiger partial charge in [-0.2, -0.15) is 0 Å². The van der Waals surface area contributed by atoms with Gasteiger partial charge in [0.05, 0.1) is 6.54 Å². The number of hydrogen-bond acceptors (Lipinski definition) is 3. The number of halogens is 1. The van der Waals surface area contributed by atoms with Crippen molar-refractivity contribution in [1.29, 1.82) is 0 Å². The van der Waals surface area contributed by atoms with Gasteiger partial charge in [0.25, 0.3) is 5.91 Å². The lowest BCUT2D eigenvalue weighted by atomic mass is 10.1. The van der Waals surface area contributed by atoms with Crippen LogP contribution in [0.2, 0.25) is 0 Å². The van der Waals surface area contributed by atoms with E-state index in [-0.39, 0.29) is 18.3 Å². The number of benzene rings is 1. The fraction of sp³-hybridized carbons (Fsp3) is 0.267. The van der Waals surface area contributed by atoms with E-state index in [0.717, 1.165) is 18.4 Å². The van der Waals surface area contributed by atoms with Gasteiger partial charge in [0.1, 0.15) is 0 Å². The predicted molar refractivity (Wildman–Crippen MR) is 85.3 cm³/mol. The monoisotopic (exact) mass is 308 g/mol. The minimum Gasteiger partial charge on any atom is -0.399 e. The van der Waals surface area contributed by atoms with Crippen LogP contribution in [-0.4, -0.2) is 16.8 Å². The Labute approximate surface area is 128 Å². The third-order valence-corrected chi connectivity index (χ3v) is 4.17. The van der Waals surface area contributed by atoms with Crippen molar-refractivity contribution in [3.05, 3.63) is 52.2 Å². The molecule has 1 aromatic heterocycles. The average Bonchev–Trinajstić information content (AvgIpc) is 3.13. The normalized spacial score (nSPS) is 13.6. The molecule has 3 rings (SSSR count). The van der Waals surface area contributed by atoms with E-state index in [0.29, 0.717) is 18.3 Å². The molecule has 2 aromatic rings. The maximum absolute atomic E-state index is 12.6. The summed E-state index contributed by atoms with van der Waals surface area (Å²) >= 11 is 1.70. The third kappa shape index (κ3) is 3.32. The van der Waals surface area contributed by atoms with Crippen LogP contribution < -0.4 is 5.73 Å². The van der Waals surface area contributed by atoms with E-state index in [1.807, 2.05) is 28.5 Å². The molecule has 0 saturated heterocycles.